The second-order valence-corrected chi connectivity index (χ2v) is 5.73. The molecule has 0 saturated carbocycles. The number of rotatable bonds is 11. The predicted octanol–water partition coefficient (Wildman–Crippen LogP) is 2.96. The van der Waals surface area contributed by atoms with Crippen molar-refractivity contribution in [2.75, 3.05) is 11.5 Å². The minimum Gasteiger partial charge on any atom is -0.481 e. The zero-order chi connectivity index (χ0) is 12.2. The van der Waals surface area contributed by atoms with Gasteiger partial charge >= 0.3 is 5.97 Å². The molecule has 0 aromatic rings. The number of unbranched alkanes of at least 4 members (excludes halogenated alkanes) is 7. The summed E-state index contributed by atoms with van der Waals surface area (Å²) >= 11 is 0. The Morgan fingerprint density at radius 3 is 2.00 bits per heavy atom. The lowest BCUT2D eigenvalue weighted by Crippen LogP contribution is -2.11. The molecule has 0 heterocycles. The Balaban J connectivity index is 3.14. The molecule has 1 unspecified atom stereocenters. The first-order chi connectivity index (χ1) is 7.66. The lowest BCUT2D eigenvalue weighted by molar-refractivity contribution is -0.133. The van der Waals surface area contributed by atoms with Crippen molar-refractivity contribution in [2.45, 2.75) is 58.3 Å². The highest BCUT2D eigenvalue weighted by atomic mass is 32.2. The van der Waals surface area contributed by atoms with Crippen LogP contribution in [0, 0.1) is 0 Å². The molecule has 0 rings (SSSR count). The van der Waals surface area contributed by atoms with Crippen LogP contribution in [0.25, 0.3) is 0 Å². The van der Waals surface area contributed by atoms with Crippen LogP contribution in [-0.2, 0) is 15.6 Å². The van der Waals surface area contributed by atoms with Crippen LogP contribution in [0.2, 0.25) is 0 Å². The van der Waals surface area contributed by atoms with Gasteiger partial charge in [-0.2, -0.15) is 0 Å². The Labute approximate surface area is 101 Å². The number of carboxylic acids is 1. The summed E-state index contributed by atoms with van der Waals surface area (Å²) in [6.45, 7) is 2.21. The van der Waals surface area contributed by atoms with Gasteiger partial charge in [-0.3, -0.25) is 9.00 Å². The van der Waals surface area contributed by atoms with E-state index in [1.54, 1.807) is 0 Å². The summed E-state index contributed by atoms with van der Waals surface area (Å²) in [6.07, 6.45) is 9.63. The lowest BCUT2D eigenvalue weighted by Gasteiger charge is -2.01. The number of carbonyl (C=O) groups is 1. The zero-order valence-electron chi connectivity index (χ0n) is 10.2. The third kappa shape index (κ3) is 11.7. The minimum absolute atomic E-state index is 0.198. The van der Waals surface area contributed by atoms with Crippen LogP contribution in [0.3, 0.4) is 0 Å². The highest BCUT2D eigenvalue weighted by molar-refractivity contribution is 7.85. The second-order valence-electron chi connectivity index (χ2n) is 4.16. The second kappa shape index (κ2) is 11.1. The third-order valence-electron chi connectivity index (χ3n) is 2.51. The van der Waals surface area contributed by atoms with E-state index in [1.807, 2.05) is 0 Å². The summed E-state index contributed by atoms with van der Waals surface area (Å²) in [4.78, 5) is 10.3. The molecule has 0 amide bonds. The molecule has 0 saturated heterocycles. The van der Waals surface area contributed by atoms with Gasteiger partial charge in [-0.15, -0.1) is 0 Å². The first-order valence-electron chi connectivity index (χ1n) is 6.23. The summed E-state index contributed by atoms with van der Waals surface area (Å²) in [6, 6.07) is 0. The molecule has 96 valence electrons. The first kappa shape index (κ1) is 15.6. The van der Waals surface area contributed by atoms with Crippen molar-refractivity contribution >= 4 is 16.8 Å². The summed E-state index contributed by atoms with van der Waals surface area (Å²) in [7, 11) is -1.16. The molecule has 0 radical (unpaired) electrons. The Morgan fingerprint density at radius 2 is 1.50 bits per heavy atom. The standard InChI is InChI=1S/C12H24O3S/c1-2-3-4-5-6-7-8-9-10-16(15)11-12(13)14/h2-11H2,1H3,(H,13,14). The van der Waals surface area contributed by atoms with Crippen LogP contribution in [0.5, 0.6) is 0 Å². The number of hydrogen-bond donors (Lipinski definition) is 1. The van der Waals surface area contributed by atoms with Crippen LogP contribution in [0.1, 0.15) is 58.3 Å². The van der Waals surface area contributed by atoms with Crippen molar-refractivity contribution in [1.29, 1.82) is 0 Å². The Morgan fingerprint density at radius 1 is 1.00 bits per heavy atom. The van der Waals surface area contributed by atoms with Crippen LogP contribution < -0.4 is 0 Å². The average molecular weight is 248 g/mol. The van der Waals surface area contributed by atoms with Gasteiger partial charge in [0.05, 0.1) is 0 Å². The van der Waals surface area contributed by atoms with E-state index >= 15 is 0 Å². The van der Waals surface area contributed by atoms with E-state index in [0.29, 0.717) is 5.75 Å². The van der Waals surface area contributed by atoms with E-state index in [0.717, 1.165) is 12.8 Å². The van der Waals surface area contributed by atoms with Crippen molar-refractivity contribution in [1.82, 2.24) is 0 Å². The summed E-state index contributed by atoms with van der Waals surface area (Å²) in [5.74, 6) is -0.615. The van der Waals surface area contributed by atoms with Crippen LogP contribution in [-0.4, -0.2) is 26.8 Å². The van der Waals surface area contributed by atoms with E-state index in [1.165, 1.54) is 38.5 Å². The quantitative estimate of drug-likeness (QED) is 0.572. The van der Waals surface area contributed by atoms with Gasteiger partial charge in [-0.05, 0) is 6.42 Å². The molecule has 16 heavy (non-hydrogen) atoms. The van der Waals surface area contributed by atoms with Crippen molar-refractivity contribution < 1.29 is 14.1 Å². The smallest absolute Gasteiger partial charge is 0.316 e. The molecular formula is C12H24O3S. The molecule has 0 aromatic carbocycles. The van der Waals surface area contributed by atoms with Gasteiger partial charge in [0, 0.05) is 16.6 Å². The molecule has 0 aliphatic carbocycles. The summed E-state index contributed by atoms with van der Waals surface area (Å²) in [5, 5.41) is 8.41. The lowest BCUT2D eigenvalue weighted by atomic mass is 10.1. The molecule has 0 fully saturated rings. The van der Waals surface area contributed by atoms with Gasteiger partial charge in [-0.1, -0.05) is 51.9 Å². The van der Waals surface area contributed by atoms with Gasteiger partial charge < -0.3 is 5.11 Å². The highest BCUT2D eigenvalue weighted by Gasteiger charge is 2.04. The van der Waals surface area contributed by atoms with Gasteiger partial charge in [0.1, 0.15) is 5.75 Å². The molecule has 3 nitrogen and oxygen atoms in total. The van der Waals surface area contributed by atoms with Crippen LogP contribution >= 0.6 is 0 Å². The van der Waals surface area contributed by atoms with E-state index in [2.05, 4.69) is 6.92 Å². The number of hydrogen-bond acceptors (Lipinski definition) is 2. The van der Waals surface area contributed by atoms with Crippen LogP contribution in [0.4, 0.5) is 0 Å². The molecule has 1 N–H and O–H groups in total. The monoisotopic (exact) mass is 248 g/mol. The van der Waals surface area contributed by atoms with E-state index < -0.39 is 16.8 Å². The molecule has 0 aromatic heterocycles. The van der Waals surface area contributed by atoms with Crippen molar-refractivity contribution in [3.8, 4) is 0 Å². The number of carboxylic acid groups (broad SMARTS) is 1. The topological polar surface area (TPSA) is 54.4 Å². The molecular weight excluding hydrogens is 224 g/mol. The molecule has 4 heteroatoms. The van der Waals surface area contributed by atoms with E-state index in [-0.39, 0.29) is 5.75 Å². The van der Waals surface area contributed by atoms with Gasteiger partial charge in [0.2, 0.25) is 0 Å². The number of aliphatic carboxylic acids is 1. The summed E-state index contributed by atoms with van der Waals surface area (Å²) in [5.41, 5.74) is 0. The normalized spacial score (nSPS) is 12.6. The molecule has 1 atom stereocenters. The molecule has 0 bridgehead atoms. The molecule has 0 spiro atoms. The Kier molecular flexibility index (Phi) is 10.9. The maximum Gasteiger partial charge on any atom is 0.316 e. The van der Waals surface area contributed by atoms with E-state index in [4.69, 9.17) is 5.11 Å². The SMILES string of the molecule is CCCCCCCCCCS(=O)CC(=O)O. The van der Waals surface area contributed by atoms with Crippen molar-refractivity contribution in [3.63, 3.8) is 0 Å². The van der Waals surface area contributed by atoms with Crippen LogP contribution in [0.15, 0.2) is 0 Å². The highest BCUT2D eigenvalue weighted by Crippen LogP contribution is 2.08. The first-order valence-corrected chi connectivity index (χ1v) is 7.72. The third-order valence-corrected chi connectivity index (χ3v) is 3.82. The van der Waals surface area contributed by atoms with Gasteiger partial charge in [-0.25, -0.2) is 0 Å². The minimum atomic E-state index is -1.16. The Hall–Kier alpha value is -0.380. The van der Waals surface area contributed by atoms with Crippen molar-refractivity contribution in [2.24, 2.45) is 0 Å². The summed E-state index contributed by atoms with van der Waals surface area (Å²) < 4.78 is 11.2. The largest absolute Gasteiger partial charge is 0.481 e. The maximum atomic E-state index is 11.2. The predicted molar refractivity (Wildman–Crippen MR) is 68.1 cm³/mol. The maximum absolute atomic E-state index is 11.2. The van der Waals surface area contributed by atoms with Gasteiger partial charge in [0.15, 0.2) is 0 Å². The van der Waals surface area contributed by atoms with E-state index in [9.17, 15) is 9.00 Å². The van der Waals surface area contributed by atoms with Gasteiger partial charge in [0.25, 0.3) is 0 Å². The molecule has 0 aliphatic heterocycles. The van der Waals surface area contributed by atoms with Crippen molar-refractivity contribution in [3.05, 3.63) is 0 Å². The fraction of sp³-hybridized carbons (Fsp3) is 0.917. The average Bonchev–Trinajstić information content (AvgIpc) is 2.21. The fourth-order valence-electron chi connectivity index (χ4n) is 1.61. The Bertz CT molecular complexity index is 204. The zero-order valence-corrected chi connectivity index (χ0v) is 11.1. The molecule has 0 aliphatic rings. The fourth-order valence-corrected chi connectivity index (χ4v) is 2.55.